The highest BCUT2D eigenvalue weighted by Crippen LogP contribution is 2.48. The molecule has 2 aromatic heterocycles. The molecule has 1 amide bonds. The number of nitrogens with one attached hydrogen (secondary N) is 2. The highest BCUT2D eigenvalue weighted by molar-refractivity contribution is 5.87. The van der Waals surface area contributed by atoms with Crippen molar-refractivity contribution in [1.82, 2.24) is 14.9 Å². The number of benzene rings is 2. The Labute approximate surface area is 247 Å². The van der Waals surface area contributed by atoms with Gasteiger partial charge in [0.1, 0.15) is 5.75 Å². The fraction of sp³-hybridized carbons (Fsp3) is 0.394. The molecule has 10 nitrogen and oxygen atoms in total. The van der Waals surface area contributed by atoms with E-state index in [4.69, 9.17) is 4.74 Å². The molecule has 5 heterocycles. The number of nitro groups is 1. The average Bonchev–Trinajstić information content (AvgIpc) is 3.39. The number of piperidine rings is 1. The normalized spacial score (nSPS) is 25.2. The van der Waals surface area contributed by atoms with Gasteiger partial charge in [0.15, 0.2) is 0 Å². The third-order valence-corrected chi connectivity index (χ3v) is 10.3. The molecule has 10 heteroatoms. The molecule has 0 spiro atoms. The Bertz CT molecular complexity index is 1860. The number of pyridine rings is 1. The third-order valence-electron chi connectivity index (χ3n) is 10.3. The van der Waals surface area contributed by atoms with Crippen LogP contribution in [0.1, 0.15) is 53.7 Å². The lowest BCUT2D eigenvalue weighted by Gasteiger charge is -2.54. The van der Waals surface area contributed by atoms with Gasteiger partial charge in [0.05, 0.1) is 24.0 Å². The fourth-order valence-corrected chi connectivity index (χ4v) is 8.44. The first-order valence-electron chi connectivity index (χ1n) is 15.1. The molecule has 2 bridgehead atoms. The molecule has 5 atom stereocenters. The van der Waals surface area contributed by atoms with Crippen molar-refractivity contribution >= 4 is 28.2 Å². The Balaban J connectivity index is 1.17. The van der Waals surface area contributed by atoms with Gasteiger partial charge < -0.3 is 24.5 Å². The summed E-state index contributed by atoms with van der Waals surface area (Å²) in [6.07, 6.45) is 4.06. The lowest BCUT2D eigenvalue weighted by molar-refractivity contribution is -0.384. The first-order valence-corrected chi connectivity index (χ1v) is 15.1. The molecule has 1 fully saturated rings. The van der Waals surface area contributed by atoms with Crippen LogP contribution in [0.15, 0.2) is 59.4 Å². The molecular formula is C33H33N5O5. The van der Waals surface area contributed by atoms with Crippen LogP contribution >= 0.6 is 0 Å². The summed E-state index contributed by atoms with van der Waals surface area (Å²) in [7, 11) is 1.66. The number of aromatic amines is 1. The monoisotopic (exact) mass is 579 g/mol. The largest absolute Gasteiger partial charge is 0.497 e. The van der Waals surface area contributed by atoms with Crippen LogP contribution in [0.2, 0.25) is 0 Å². The maximum absolute atomic E-state index is 14.4. The number of rotatable bonds is 4. The molecule has 8 rings (SSSR count). The van der Waals surface area contributed by atoms with Crippen LogP contribution in [0.4, 0.5) is 11.4 Å². The second-order valence-corrected chi connectivity index (χ2v) is 12.5. The molecule has 0 saturated carbocycles. The minimum Gasteiger partial charge on any atom is -0.497 e. The van der Waals surface area contributed by atoms with Crippen molar-refractivity contribution in [3.05, 3.63) is 97.6 Å². The van der Waals surface area contributed by atoms with E-state index in [9.17, 15) is 19.7 Å². The maximum atomic E-state index is 14.4. The van der Waals surface area contributed by atoms with E-state index in [-0.39, 0.29) is 46.0 Å². The quantitative estimate of drug-likeness (QED) is 0.269. The molecule has 0 radical (unpaired) electrons. The minimum atomic E-state index is -0.406. The summed E-state index contributed by atoms with van der Waals surface area (Å²) < 4.78 is 7.36. The zero-order chi connectivity index (χ0) is 29.4. The minimum absolute atomic E-state index is 0.00124. The number of carbonyl (C=O) groups is 1. The summed E-state index contributed by atoms with van der Waals surface area (Å²) in [6, 6.07) is 16.3. The lowest BCUT2D eigenvalue weighted by atomic mass is 9.70. The molecule has 43 heavy (non-hydrogen) atoms. The number of amides is 1. The molecular weight excluding hydrogens is 546 g/mol. The van der Waals surface area contributed by atoms with E-state index in [1.807, 2.05) is 34.9 Å². The van der Waals surface area contributed by atoms with Crippen molar-refractivity contribution in [2.24, 2.45) is 11.8 Å². The first-order chi connectivity index (χ1) is 20.9. The standard InChI is InChI=1S/C33H33N5O5/c1-43-22-9-10-26-24(15-22)23-4-2-5-27(31(23)34-26)35-33(40)25-14-18-13-21(38(41)42)8-11-29(18)37-16-19-12-20(32(25)37)17-36-28(19)6-3-7-30(36)39/h3,6-11,13,15,19-20,25,27,32,34H,2,4-5,12,14,16-17H2,1H3,(H,35,40)/t19-,20+,25-,27+,32+/m1/s1. The van der Waals surface area contributed by atoms with Gasteiger partial charge in [-0.25, -0.2) is 0 Å². The van der Waals surface area contributed by atoms with Gasteiger partial charge in [-0.2, -0.15) is 0 Å². The molecule has 0 unspecified atom stereocenters. The maximum Gasteiger partial charge on any atom is 0.269 e. The van der Waals surface area contributed by atoms with Crippen molar-refractivity contribution in [2.45, 2.75) is 56.7 Å². The van der Waals surface area contributed by atoms with Gasteiger partial charge in [-0.15, -0.1) is 0 Å². The molecule has 1 aliphatic carbocycles. The number of fused-ring (bicyclic) bond motifs is 11. The summed E-state index contributed by atoms with van der Waals surface area (Å²) in [5.74, 6) is 0.618. The second-order valence-electron chi connectivity index (χ2n) is 12.5. The predicted molar refractivity (Wildman–Crippen MR) is 162 cm³/mol. The van der Waals surface area contributed by atoms with E-state index < -0.39 is 5.92 Å². The van der Waals surface area contributed by atoms with Crippen LogP contribution in [0.25, 0.3) is 10.9 Å². The zero-order valence-corrected chi connectivity index (χ0v) is 23.9. The third kappa shape index (κ3) is 4.06. The van der Waals surface area contributed by atoms with Crippen molar-refractivity contribution in [3.8, 4) is 5.75 Å². The van der Waals surface area contributed by atoms with Gasteiger partial charge in [0.2, 0.25) is 5.91 Å². The summed E-state index contributed by atoms with van der Waals surface area (Å²) >= 11 is 0. The van der Waals surface area contributed by atoms with Crippen LogP contribution in [0.3, 0.4) is 0 Å². The Morgan fingerprint density at radius 1 is 1.14 bits per heavy atom. The van der Waals surface area contributed by atoms with Crippen molar-refractivity contribution in [1.29, 1.82) is 0 Å². The number of nitro benzene ring substituents is 1. The number of aryl methyl sites for hydroxylation is 1. The van der Waals surface area contributed by atoms with Crippen molar-refractivity contribution in [2.75, 3.05) is 18.6 Å². The molecule has 2 aromatic carbocycles. The number of ether oxygens (including phenoxy) is 1. The van der Waals surface area contributed by atoms with E-state index in [2.05, 4.69) is 21.3 Å². The van der Waals surface area contributed by atoms with E-state index in [0.29, 0.717) is 19.5 Å². The van der Waals surface area contributed by atoms with Gasteiger partial charge in [-0.3, -0.25) is 19.7 Å². The number of hydrogen-bond acceptors (Lipinski definition) is 6. The van der Waals surface area contributed by atoms with Gasteiger partial charge >= 0.3 is 0 Å². The van der Waals surface area contributed by atoms with Crippen molar-refractivity contribution in [3.63, 3.8) is 0 Å². The summed E-state index contributed by atoms with van der Waals surface area (Å²) in [5.41, 5.74) is 6.16. The average molecular weight is 580 g/mol. The van der Waals surface area contributed by atoms with Gasteiger partial charge in [-0.1, -0.05) is 6.07 Å². The Morgan fingerprint density at radius 2 is 2.02 bits per heavy atom. The number of carbonyl (C=O) groups excluding carboxylic acids is 1. The summed E-state index contributed by atoms with van der Waals surface area (Å²) in [5, 5.41) is 16.2. The Morgan fingerprint density at radius 3 is 2.86 bits per heavy atom. The van der Waals surface area contributed by atoms with Gasteiger partial charge in [0, 0.05) is 71.2 Å². The van der Waals surface area contributed by atoms with Gasteiger partial charge in [0.25, 0.3) is 11.2 Å². The molecule has 4 aliphatic rings. The summed E-state index contributed by atoms with van der Waals surface area (Å²) in [4.78, 5) is 44.4. The van der Waals surface area contributed by atoms with E-state index in [1.165, 1.54) is 5.56 Å². The molecule has 2 N–H and O–H groups in total. The molecule has 3 aliphatic heterocycles. The van der Waals surface area contributed by atoms with Crippen LogP contribution in [-0.4, -0.2) is 40.1 Å². The first kappa shape index (κ1) is 26.1. The van der Waals surface area contributed by atoms with Crippen LogP contribution in [-0.2, 0) is 24.2 Å². The number of methoxy groups -OCH3 is 1. The summed E-state index contributed by atoms with van der Waals surface area (Å²) in [6.45, 7) is 1.23. The van der Waals surface area contributed by atoms with Crippen LogP contribution in [0, 0.1) is 22.0 Å². The second kappa shape index (κ2) is 9.72. The van der Waals surface area contributed by atoms with Crippen LogP contribution in [0.5, 0.6) is 5.75 Å². The molecule has 220 valence electrons. The number of H-pyrrole nitrogens is 1. The predicted octanol–water partition coefficient (Wildman–Crippen LogP) is 4.60. The van der Waals surface area contributed by atoms with E-state index in [0.717, 1.165) is 65.0 Å². The highest BCUT2D eigenvalue weighted by Gasteiger charge is 2.49. The molecule has 4 aromatic rings. The number of aromatic nitrogens is 2. The highest BCUT2D eigenvalue weighted by atomic mass is 16.6. The smallest absolute Gasteiger partial charge is 0.269 e. The van der Waals surface area contributed by atoms with E-state index in [1.54, 1.807) is 25.3 Å². The lowest BCUT2D eigenvalue weighted by Crippen LogP contribution is -2.61. The number of anilines is 1. The zero-order valence-electron chi connectivity index (χ0n) is 23.9. The van der Waals surface area contributed by atoms with Crippen molar-refractivity contribution < 1.29 is 14.5 Å². The Kier molecular flexibility index (Phi) is 5.89. The van der Waals surface area contributed by atoms with Crippen LogP contribution < -0.4 is 20.5 Å². The van der Waals surface area contributed by atoms with E-state index >= 15 is 0 Å². The number of nitrogens with zero attached hydrogens (tertiary/aromatic N) is 3. The topological polar surface area (TPSA) is 122 Å². The molecule has 1 saturated heterocycles. The SMILES string of the molecule is COc1ccc2[nH]c3c(c2c1)CCC[C@@H]3NC(=O)[C@@H]1Cc2cc([N+](=O)[O-])ccc2N2C[C@H]3C[C@@H](Cn4c3cccc4=O)[C@@H]12. The Hall–Kier alpha value is -4.60. The van der Waals surface area contributed by atoms with Gasteiger partial charge in [-0.05, 0) is 79.5 Å². The number of non-ortho nitro benzene ring substituents is 1. The number of hydrogen-bond donors (Lipinski definition) is 2. The fourth-order valence-electron chi connectivity index (χ4n) is 8.44.